The molecule has 0 aromatic heterocycles. The third kappa shape index (κ3) is 21.1. The molecule has 8 atom stereocenters. The van der Waals surface area contributed by atoms with Crippen molar-refractivity contribution in [3.8, 4) is 0 Å². The average molecular weight is 676 g/mol. The van der Waals surface area contributed by atoms with Crippen LogP contribution in [0.15, 0.2) is 0 Å². The lowest BCUT2D eigenvalue weighted by Gasteiger charge is -2.40. The van der Waals surface area contributed by atoms with Crippen molar-refractivity contribution in [3.05, 3.63) is 0 Å². The van der Waals surface area contributed by atoms with Gasteiger partial charge in [0, 0.05) is 6.42 Å². The number of aliphatic hydroxyl groups is 6. The van der Waals surface area contributed by atoms with Crippen molar-refractivity contribution in [1.82, 2.24) is 5.32 Å². The third-order valence-electron chi connectivity index (χ3n) is 9.55. The lowest BCUT2D eigenvalue weighted by atomic mass is 9.99. The molecule has 10 nitrogen and oxygen atoms in total. The minimum absolute atomic E-state index is 0.280. The summed E-state index contributed by atoms with van der Waals surface area (Å²) in [6, 6.07) is -0.987. The van der Waals surface area contributed by atoms with Crippen molar-refractivity contribution in [2.24, 2.45) is 0 Å². The number of carbonyl (C=O) groups is 1. The zero-order chi connectivity index (χ0) is 34.7. The molecule has 0 radical (unpaired) electrons. The maximum atomic E-state index is 12.6. The second-order valence-electron chi connectivity index (χ2n) is 14.0. The van der Waals surface area contributed by atoms with Crippen molar-refractivity contribution in [2.75, 3.05) is 13.2 Å². The van der Waals surface area contributed by atoms with E-state index in [9.17, 15) is 35.4 Å². The molecular weight excluding hydrogens is 602 g/mol. The topological polar surface area (TPSA) is 169 Å². The number of unbranched alkanes of at least 4 members (excludes halogenated alkanes) is 22. The Balaban J connectivity index is 2.02. The van der Waals surface area contributed by atoms with E-state index in [-0.39, 0.29) is 18.9 Å². The van der Waals surface area contributed by atoms with E-state index in [0.29, 0.717) is 0 Å². The highest BCUT2D eigenvalue weighted by Crippen LogP contribution is 2.22. The van der Waals surface area contributed by atoms with Crippen molar-refractivity contribution < 1.29 is 44.9 Å². The normalized spacial score (nSPS) is 23.4. The van der Waals surface area contributed by atoms with E-state index in [1.807, 2.05) is 0 Å². The van der Waals surface area contributed by atoms with Gasteiger partial charge in [-0.25, -0.2) is 0 Å². The second-order valence-corrected chi connectivity index (χ2v) is 14.0. The van der Waals surface area contributed by atoms with E-state index < -0.39 is 55.6 Å². The predicted octanol–water partition coefficient (Wildman–Crippen LogP) is 5.41. The van der Waals surface area contributed by atoms with Crippen LogP contribution in [0.3, 0.4) is 0 Å². The molecular formula is C37H73NO9. The molecule has 0 aromatic carbocycles. The molecule has 280 valence electrons. The number of nitrogens with one attached hydrogen (secondary N) is 1. The van der Waals surface area contributed by atoms with Gasteiger partial charge in [-0.2, -0.15) is 0 Å². The van der Waals surface area contributed by atoms with Gasteiger partial charge in [0.05, 0.1) is 25.4 Å². The summed E-state index contributed by atoms with van der Waals surface area (Å²) in [4.78, 5) is 12.6. The molecule has 7 N–H and O–H groups in total. The van der Waals surface area contributed by atoms with Gasteiger partial charge in [-0.3, -0.25) is 4.79 Å². The highest BCUT2D eigenvalue weighted by Gasteiger charge is 2.44. The van der Waals surface area contributed by atoms with Crippen LogP contribution in [0.25, 0.3) is 0 Å². The first-order chi connectivity index (χ1) is 22.7. The molecule has 1 aliphatic heterocycles. The van der Waals surface area contributed by atoms with Gasteiger partial charge >= 0.3 is 0 Å². The van der Waals surface area contributed by atoms with Crippen molar-refractivity contribution in [3.63, 3.8) is 0 Å². The van der Waals surface area contributed by atoms with Gasteiger partial charge in [0.25, 0.3) is 0 Å². The standard InChI is InChI=1S/C37H73NO9/c1-3-4-5-6-7-8-9-10-11-12-13-14-15-16-17-18-19-20-21-22-23-24-25-26-32(41)38-30(33(42)29(2)40)28-46-37-36(45)35(44)34(43)31(27-39)47-37/h29-31,33-37,39-40,42-45H,3-28H2,1-2H3,(H,38,41)/t29-,30+,31?,33-,34?,35?,36?,37?/m1/s1. The molecule has 10 heteroatoms. The Morgan fingerprint density at radius 1 is 0.660 bits per heavy atom. The minimum atomic E-state index is -1.60. The van der Waals surface area contributed by atoms with Crippen LogP contribution in [0, 0.1) is 0 Å². The summed E-state index contributed by atoms with van der Waals surface area (Å²) in [5.41, 5.74) is 0. The minimum Gasteiger partial charge on any atom is -0.394 e. The zero-order valence-corrected chi connectivity index (χ0v) is 29.9. The molecule has 1 aliphatic rings. The van der Waals surface area contributed by atoms with Crippen molar-refractivity contribution >= 4 is 5.91 Å². The van der Waals surface area contributed by atoms with Crippen molar-refractivity contribution in [1.29, 1.82) is 0 Å². The lowest BCUT2D eigenvalue weighted by Crippen LogP contribution is -2.60. The highest BCUT2D eigenvalue weighted by atomic mass is 16.7. The Labute approximate surface area is 286 Å². The smallest absolute Gasteiger partial charge is 0.220 e. The summed E-state index contributed by atoms with van der Waals surface area (Å²) in [5.74, 6) is -0.282. The quantitative estimate of drug-likeness (QED) is 0.0475. The SMILES string of the molecule is CCCCCCCCCCCCCCCCCCCCCCCCCC(=O)N[C@@H](COC1OC(CO)C(O)C(O)C1O)[C@H](O)[C@@H](C)O. The first-order valence-corrected chi connectivity index (χ1v) is 19.3. The first kappa shape index (κ1) is 44.2. The van der Waals surface area contributed by atoms with E-state index in [1.165, 1.54) is 129 Å². The number of ether oxygens (including phenoxy) is 2. The van der Waals surface area contributed by atoms with Crippen LogP contribution >= 0.6 is 0 Å². The molecule has 1 heterocycles. The third-order valence-corrected chi connectivity index (χ3v) is 9.55. The molecule has 1 amide bonds. The summed E-state index contributed by atoms with van der Waals surface area (Å²) in [7, 11) is 0. The molecule has 1 fully saturated rings. The Bertz CT molecular complexity index is 726. The van der Waals surface area contributed by atoms with Crippen LogP contribution in [-0.2, 0) is 14.3 Å². The number of rotatable bonds is 31. The van der Waals surface area contributed by atoms with E-state index in [0.717, 1.165) is 25.7 Å². The molecule has 0 aliphatic carbocycles. The molecule has 1 rings (SSSR count). The van der Waals surface area contributed by atoms with Gasteiger partial charge in [-0.15, -0.1) is 0 Å². The summed E-state index contributed by atoms with van der Waals surface area (Å²) in [6.07, 6.45) is 20.6. The largest absolute Gasteiger partial charge is 0.394 e. The van der Waals surface area contributed by atoms with Crippen LogP contribution < -0.4 is 5.32 Å². The maximum Gasteiger partial charge on any atom is 0.220 e. The summed E-state index contributed by atoms with van der Waals surface area (Å²) >= 11 is 0. The van der Waals surface area contributed by atoms with Crippen LogP contribution in [0.2, 0.25) is 0 Å². The fourth-order valence-corrected chi connectivity index (χ4v) is 6.32. The van der Waals surface area contributed by atoms with Gasteiger partial charge in [0.15, 0.2) is 6.29 Å². The van der Waals surface area contributed by atoms with E-state index in [4.69, 9.17) is 9.47 Å². The van der Waals surface area contributed by atoms with Crippen LogP contribution in [-0.4, -0.2) is 98.7 Å². The molecule has 0 saturated carbocycles. The van der Waals surface area contributed by atoms with Gasteiger partial charge in [0.2, 0.25) is 5.91 Å². The molecule has 47 heavy (non-hydrogen) atoms. The summed E-state index contributed by atoms with van der Waals surface area (Å²) in [6.45, 7) is 2.75. The van der Waals surface area contributed by atoms with Crippen LogP contribution in [0.1, 0.15) is 168 Å². The summed E-state index contributed by atoms with van der Waals surface area (Å²) in [5, 5.41) is 62.3. The van der Waals surface area contributed by atoms with Gasteiger partial charge in [0.1, 0.15) is 30.5 Å². The molecule has 5 unspecified atom stereocenters. The van der Waals surface area contributed by atoms with E-state index in [2.05, 4.69) is 12.2 Å². The van der Waals surface area contributed by atoms with Crippen molar-refractivity contribution in [2.45, 2.75) is 217 Å². The number of hydrogen-bond donors (Lipinski definition) is 7. The average Bonchev–Trinajstić information content (AvgIpc) is 3.06. The number of hydrogen-bond acceptors (Lipinski definition) is 9. The zero-order valence-electron chi connectivity index (χ0n) is 29.9. The fraction of sp³-hybridized carbons (Fsp3) is 0.973. The van der Waals surface area contributed by atoms with Gasteiger partial charge < -0.3 is 45.4 Å². The number of aliphatic hydroxyl groups excluding tert-OH is 6. The Morgan fingerprint density at radius 2 is 1.06 bits per heavy atom. The molecule has 0 bridgehead atoms. The van der Waals surface area contributed by atoms with E-state index in [1.54, 1.807) is 0 Å². The molecule has 0 aromatic rings. The van der Waals surface area contributed by atoms with Gasteiger partial charge in [-0.05, 0) is 13.3 Å². The molecule has 0 spiro atoms. The highest BCUT2D eigenvalue weighted by molar-refractivity contribution is 5.76. The second kappa shape index (κ2) is 28.9. The Morgan fingerprint density at radius 3 is 1.45 bits per heavy atom. The lowest BCUT2D eigenvalue weighted by molar-refractivity contribution is -0.303. The van der Waals surface area contributed by atoms with E-state index >= 15 is 0 Å². The first-order valence-electron chi connectivity index (χ1n) is 19.3. The Hall–Kier alpha value is -0.850. The maximum absolute atomic E-state index is 12.6. The Kier molecular flexibility index (Phi) is 27.2. The predicted molar refractivity (Wildman–Crippen MR) is 186 cm³/mol. The fourth-order valence-electron chi connectivity index (χ4n) is 6.32. The summed E-state index contributed by atoms with van der Waals surface area (Å²) < 4.78 is 10.8. The molecule has 1 saturated heterocycles. The number of amides is 1. The van der Waals surface area contributed by atoms with Crippen LogP contribution in [0.5, 0.6) is 0 Å². The monoisotopic (exact) mass is 676 g/mol. The number of carbonyl (C=O) groups excluding carboxylic acids is 1. The van der Waals surface area contributed by atoms with Gasteiger partial charge in [-0.1, -0.05) is 148 Å². The van der Waals surface area contributed by atoms with Crippen LogP contribution in [0.4, 0.5) is 0 Å².